The minimum absolute atomic E-state index is 0.104. The Labute approximate surface area is 162 Å². The smallest absolute Gasteiger partial charge is 0.407 e. The van der Waals surface area contributed by atoms with Crippen molar-refractivity contribution in [3.05, 3.63) is 33.0 Å². The number of anilines is 1. The Hall–Kier alpha value is -1.93. The van der Waals surface area contributed by atoms with Crippen molar-refractivity contribution in [1.82, 2.24) is 10.3 Å². The topological polar surface area (TPSA) is 80.3 Å². The van der Waals surface area contributed by atoms with Crippen LogP contribution < -0.4 is 10.6 Å². The van der Waals surface area contributed by atoms with Crippen molar-refractivity contribution in [1.29, 1.82) is 0 Å². The molecule has 0 aliphatic rings. The van der Waals surface area contributed by atoms with Crippen LogP contribution in [0.5, 0.6) is 0 Å². The number of alkyl carbamates (subject to hydrolysis) is 1. The van der Waals surface area contributed by atoms with Crippen LogP contribution in [0.4, 0.5) is 9.93 Å². The number of thiazole rings is 1. The van der Waals surface area contributed by atoms with Gasteiger partial charge in [0.2, 0.25) is 5.91 Å². The highest BCUT2D eigenvalue weighted by Crippen LogP contribution is 2.21. The molecule has 0 aliphatic heterocycles. The van der Waals surface area contributed by atoms with E-state index in [-0.39, 0.29) is 17.5 Å². The molecule has 0 spiro atoms. The largest absolute Gasteiger partial charge is 0.449 e. The highest BCUT2D eigenvalue weighted by atomic mass is 32.1. The lowest BCUT2D eigenvalue weighted by molar-refractivity contribution is -0.114. The van der Waals surface area contributed by atoms with Gasteiger partial charge in [0, 0.05) is 34.0 Å². The van der Waals surface area contributed by atoms with Gasteiger partial charge >= 0.3 is 6.09 Å². The molecule has 0 aromatic carbocycles. The molecule has 0 radical (unpaired) electrons. The van der Waals surface area contributed by atoms with Gasteiger partial charge in [0.15, 0.2) is 5.13 Å². The van der Waals surface area contributed by atoms with E-state index in [4.69, 9.17) is 4.74 Å². The molecule has 2 heterocycles. The van der Waals surface area contributed by atoms with Gasteiger partial charge in [-0.1, -0.05) is 0 Å². The highest BCUT2D eigenvalue weighted by Gasteiger charge is 2.14. The summed E-state index contributed by atoms with van der Waals surface area (Å²) in [6.07, 6.45) is 2.07. The zero-order valence-corrected chi connectivity index (χ0v) is 17.2. The van der Waals surface area contributed by atoms with Crippen LogP contribution in [0.25, 0.3) is 0 Å². The molecular formula is C18H25N3O3S2. The number of ether oxygens (including phenoxy) is 1. The minimum Gasteiger partial charge on any atom is -0.449 e. The van der Waals surface area contributed by atoms with Gasteiger partial charge in [0.1, 0.15) is 0 Å². The molecular weight excluding hydrogens is 370 g/mol. The SMILES string of the molecule is CC(=O)Nc1nc(CCc2ccc(CCOC(=O)NC(C)(C)C)s2)cs1. The van der Waals surface area contributed by atoms with Gasteiger partial charge in [-0.15, -0.1) is 22.7 Å². The molecule has 0 bridgehead atoms. The van der Waals surface area contributed by atoms with Gasteiger partial charge in [-0.25, -0.2) is 9.78 Å². The Morgan fingerprint density at radius 3 is 2.50 bits per heavy atom. The number of carbonyl (C=O) groups is 2. The van der Waals surface area contributed by atoms with Crippen molar-refractivity contribution in [2.24, 2.45) is 0 Å². The van der Waals surface area contributed by atoms with Crippen molar-refractivity contribution in [2.75, 3.05) is 11.9 Å². The average molecular weight is 396 g/mol. The highest BCUT2D eigenvalue weighted by molar-refractivity contribution is 7.14. The predicted molar refractivity (Wildman–Crippen MR) is 106 cm³/mol. The fourth-order valence-electron chi connectivity index (χ4n) is 2.16. The molecule has 0 atom stereocenters. The van der Waals surface area contributed by atoms with Crippen LogP contribution in [0.1, 0.15) is 43.1 Å². The number of aromatic nitrogens is 1. The van der Waals surface area contributed by atoms with E-state index in [9.17, 15) is 9.59 Å². The number of carbonyl (C=O) groups excluding carboxylic acids is 2. The maximum Gasteiger partial charge on any atom is 0.407 e. The second kappa shape index (κ2) is 9.14. The van der Waals surface area contributed by atoms with Crippen LogP contribution >= 0.6 is 22.7 Å². The van der Waals surface area contributed by atoms with Crippen LogP contribution in [-0.4, -0.2) is 29.1 Å². The molecule has 8 heteroatoms. The number of hydrogen-bond donors (Lipinski definition) is 2. The third kappa shape index (κ3) is 7.53. The summed E-state index contributed by atoms with van der Waals surface area (Å²) in [5.74, 6) is -0.104. The standard InChI is InChI=1S/C18H25N3O3S2/c1-12(22)19-16-20-13(11-25-16)5-6-14-7-8-15(26-14)9-10-24-17(23)21-18(2,3)4/h7-8,11H,5-6,9-10H2,1-4H3,(H,21,23)(H,19,20,22). The Balaban J connectivity index is 1.73. The van der Waals surface area contributed by atoms with Gasteiger partial charge in [0.25, 0.3) is 0 Å². The summed E-state index contributed by atoms with van der Waals surface area (Å²) < 4.78 is 5.21. The van der Waals surface area contributed by atoms with Crippen LogP contribution in [0.3, 0.4) is 0 Å². The van der Waals surface area contributed by atoms with Crippen molar-refractivity contribution in [2.45, 2.75) is 52.5 Å². The lowest BCUT2D eigenvalue weighted by Crippen LogP contribution is -2.41. The van der Waals surface area contributed by atoms with Crippen molar-refractivity contribution in [3.63, 3.8) is 0 Å². The lowest BCUT2D eigenvalue weighted by Gasteiger charge is -2.19. The molecule has 2 amide bonds. The van der Waals surface area contributed by atoms with Gasteiger partial charge in [0.05, 0.1) is 12.3 Å². The molecule has 0 aliphatic carbocycles. The first-order valence-corrected chi connectivity index (χ1v) is 10.2. The van der Waals surface area contributed by atoms with E-state index in [1.165, 1.54) is 28.0 Å². The molecule has 6 nitrogen and oxygen atoms in total. The second-order valence-corrected chi connectivity index (χ2v) is 9.07. The zero-order valence-electron chi connectivity index (χ0n) is 15.5. The second-order valence-electron chi connectivity index (χ2n) is 6.95. The van der Waals surface area contributed by atoms with E-state index < -0.39 is 0 Å². The number of aryl methyl sites for hydroxylation is 2. The number of nitrogens with one attached hydrogen (secondary N) is 2. The lowest BCUT2D eigenvalue weighted by atomic mass is 10.1. The maximum absolute atomic E-state index is 11.6. The molecule has 2 aromatic rings. The molecule has 0 fully saturated rings. The first kappa shape index (κ1) is 20.4. The monoisotopic (exact) mass is 395 g/mol. The molecule has 142 valence electrons. The third-order valence-electron chi connectivity index (χ3n) is 3.24. The first-order valence-electron chi connectivity index (χ1n) is 8.46. The Morgan fingerprint density at radius 1 is 1.15 bits per heavy atom. The molecule has 0 saturated heterocycles. The molecule has 2 rings (SSSR count). The van der Waals surface area contributed by atoms with Crippen LogP contribution in [-0.2, 0) is 28.8 Å². The van der Waals surface area contributed by atoms with Crippen LogP contribution in [0.15, 0.2) is 17.5 Å². The molecule has 2 N–H and O–H groups in total. The number of thiophene rings is 1. The summed E-state index contributed by atoms with van der Waals surface area (Å²) in [6.45, 7) is 7.60. The number of hydrogen-bond acceptors (Lipinski definition) is 6. The summed E-state index contributed by atoms with van der Waals surface area (Å²) in [5.41, 5.74) is 0.693. The quantitative estimate of drug-likeness (QED) is 0.742. The van der Waals surface area contributed by atoms with E-state index in [1.54, 1.807) is 11.3 Å². The third-order valence-corrected chi connectivity index (χ3v) is 5.25. The molecule has 0 saturated carbocycles. The molecule has 0 unspecified atom stereocenters. The summed E-state index contributed by atoms with van der Waals surface area (Å²) in [6, 6.07) is 4.19. The zero-order chi connectivity index (χ0) is 19.2. The number of amides is 2. The van der Waals surface area contributed by atoms with Gasteiger partial charge in [-0.3, -0.25) is 4.79 Å². The van der Waals surface area contributed by atoms with Gasteiger partial charge < -0.3 is 15.4 Å². The number of nitrogens with zero attached hydrogens (tertiary/aromatic N) is 1. The van der Waals surface area contributed by atoms with E-state index in [0.29, 0.717) is 18.2 Å². The summed E-state index contributed by atoms with van der Waals surface area (Å²) in [7, 11) is 0. The van der Waals surface area contributed by atoms with Crippen molar-refractivity contribution in [3.8, 4) is 0 Å². The summed E-state index contributed by atoms with van der Waals surface area (Å²) >= 11 is 3.17. The van der Waals surface area contributed by atoms with Crippen molar-refractivity contribution < 1.29 is 14.3 Å². The number of rotatable bonds is 7. The fraction of sp³-hybridized carbons (Fsp3) is 0.500. The Bertz CT molecular complexity index is 747. The predicted octanol–water partition coefficient (Wildman–Crippen LogP) is 4.02. The van der Waals surface area contributed by atoms with Gasteiger partial charge in [-0.05, 0) is 45.7 Å². The van der Waals surface area contributed by atoms with E-state index in [1.807, 2.05) is 26.2 Å². The normalized spacial score (nSPS) is 11.2. The van der Waals surface area contributed by atoms with E-state index >= 15 is 0 Å². The van der Waals surface area contributed by atoms with Gasteiger partial charge in [-0.2, -0.15) is 0 Å². The summed E-state index contributed by atoms with van der Waals surface area (Å²) in [5, 5.41) is 8.09. The summed E-state index contributed by atoms with van der Waals surface area (Å²) in [4.78, 5) is 29.5. The van der Waals surface area contributed by atoms with E-state index in [2.05, 4.69) is 27.8 Å². The molecule has 26 heavy (non-hydrogen) atoms. The van der Waals surface area contributed by atoms with Crippen LogP contribution in [0, 0.1) is 0 Å². The Morgan fingerprint density at radius 2 is 1.85 bits per heavy atom. The average Bonchev–Trinajstić information content (AvgIpc) is 3.12. The van der Waals surface area contributed by atoms with Crippen LogP contribution in [0.2, 0.25) is 0 Å². The first-order chi connectivity index (χ1) is 12.2. The molecule has 2 aromatic heterocycles. The fourth-order valence-corrected chi connectivity index (χ4v) is 3.95. The van der Waals surface area contributed by atoms with Crippen molar-refractivity contribution >= 4 is 39.8 Å². The maximum atomic E-state index is 11.6. The Kier molecular flexibility index (Phi) is 7.16. The minimum atomic E-state index is -0.382. The van der Waals surface area contributed by atoms with E-state index in [0.717, 1.165) is 18.5 Å².